The van der Waals surface area contributed by atoms with Crippen LogP contribution in [-0.4, -0.2) is 28.2 Å². The van der Waals surface area contributed by atoms with Crippen LogP contribution in [-0.2, 0) is 16.8 Å². The first-order valence-electron chi connectivity index (χ1n) is 10.3. The normalized spacial score (nSPS) is 23.1. The molecule has 3 saturated carbocycles. The highest BCUT2D eigenvalue weighted by Gasteiger charge is 2.72. The zero-order valence-corrected chi connectivity index (χ0v) is 18.9. The minimum Gasteiger partial charge on any atom is -0.485 e. The molecular weight excluding hydrogens is 453 g/mol. The van der Waals surface area contributed by atoms with E-state index in [1.165, 1.54) is 5.56 Å². The Labute approximate surface area is 195 Å². The van der Waals surface area contributed by atoms with Crippen molar-refractivity contribution >= 4 is 29.1 Å². The van der Waals surface area contributed by atoms with Gasteiger partial charge in [0.05, 0.1) is 15.5 Å². The van der Waals surface area contributed by atoms with E-state index in [0.717, 1.165) is 25.0 Å². The zero-order chi connectivity index (χ0) is 22.3. The maximum atomic E-state index is 12.3. The van der Waals surface area contributed by atoms with Crippen molar-refractivity contribution in [2.45, 2.75) is 43.7 Å². The van der Waals surface area contributed by atoms with Gasteiger partial charge < -0.3 is 19.3 Å². The second kappa shape index (κ2) is 7.98. The maximum absolute atomic E-state index is 12.3. The van der Waals surface area contributed by atoms with Gasteiger partial charge in [-0.25, -0.2) is 0 Å². The summed E-state index contributed by atoms with van der Waals surface area (Å²) in [5, 5.41) is 7.93. The fourth-order valence-electron chi connectivity index (χ4n) is 4.51. The van der Waals surface area contributed by atoms with Gasteiger partial charge in [0.25, 0.3) is 5.91 Å². The van der Waals surface area contributed by atoms with E-state index >= 15 is 0 Å². The van der Waals surface area contributed by atoms with E-state index < -0.39 is 0 Å². The Morgan fingerprint density at radius 3 is 2.50 bits per heavy atom. The number of benzene rings is 2. The van der Waals surface area contributed by atoms with Crippen molar-refractivity contribution in [1.82, 2.24) is 15.5 Å². The summed E-state index contributed by atoms with van der Waals surface area (Å²) in [6, 6.07) is 12.7. The van der Waals surface area contributed by atoms with Crippen molar-refractivity contribution < 1.29 is 18.8 Å². The number of hydrogen-bond acceptors (Lipinski definition) is 6. The minimum atomic E-state index is -0.217. The van der Waals surface area contributed by atoms with Crippen molar-refractivity contribution in [3.05, 3.63) is 69.8 Å². The molecule has 2 aromatic carbocycles. The van der Waals surface area contributed by atoms with Crippen LogP contribution in [0.4, 0.5) is 0 Å². The van der Waals surface area contributed by atoms with Gasteiger partial charge in [0.1, 0.15) is 11.5 Å². The van der Waals surface area contributed by atoms with Crippen LogP contribution in [0.5, 0.6) is 11.5 Å². The number of nitrogens with zero attached hydrogens (tertiary/aromatic N) is 2. The van der Waals surface area contributed by atoms with Gasteiger partial charge in [-0.3, -0.25) is 4.79 Å². The quantitative estimate of drug-likeness (QED) is 0.512. The van der Waals surface area contributed by atoms with Crippen molar-refractivity contribution in [1.29, 1.82) is 0 Å². The average Bonchev–Trinajstić information content (AvgIpc) is 3.19. The largest absolute Gasteiger partial charge is 0.485 e. The molecule has 0 aliphatic heterocycles. The highest BCUT2D eigenvalue weighted by atomic mass is 35.5. The Bertz CT molecular complexity index is 1140. The average molecular weight is 474 g/mol. The van der Waals surface area contributed by atoms with Crippen LogP contribution in [0.15, 0.2) is 47.0 Å². The zero-order valence-electron chi connectivity index (χ0n) is 17.4. The molecule has 0 unspecified atom stereocenters. The van der Waals surface area contributed by atoms with Crippen LogP contribution < -0.4 is 14.8 Å². The molecular formula is C23H21Cl2N3O4. The molecule has 3 aromatic rings. The first-order chi connectivity index (χ1) is 15.3. The molecule has 0 spiro atoms. The number of ether oxygens (including phenoxy) is 2. The number of nitrogens with one attached hydrogen (secondary N) is 1. The van der Waals surface area contributed by atoms with E-state index in [0.29, 0.717) is 27.5 Å². The summed E-state index contributed by atoms with van der Waals surface area (Å²) in [5.74, 6) is 2.20. The molecule has 1 heterocycles. The van der Waals surface area contributed by atoms with Crippen LogP contribution in [0.2, 0.25) is 10.0 Å². The summed E-state index contributed by atoms with van der Waals surface area (Å²) in [4.78, 5) is 16.8. The van der Waals surface area contributed by atoms with Crippen molar-refractivity contribution in [3.63, 3.8) is 0 Å². The van der Waals surface area contributed by atoms with Crippen LogP contribution >= 0.6 is 23.2 Å². The Hall–Kier alpha value is -2.77. The Kier molecular flexibility index (Phi) is 5.26. The molecule has 3 aliphatic rings. The van der Waals surface area contributed by atoms with Crippen LogP contribution in [0.25, 0.3) is 0 Å². The minimum absolute atomic E-state index is 0.0895. The summed E-state index contributed by atoms with van der Waals surface area (Å²) in [6.45, 7) is 2.18. The standard InChI is InChI=1S/C23H21Cl2N3O4/c1-14-2-4-15(5-3-14)30-9-19-26-21(32-28-19)22-11-23(12-22,13-22)27-20(29)10-31-16-6-7-17(24)18(25)8-16/h2-8H,9-13H2,1H3,(H,27,29). The van der Waals surface area contributed by atoms with Gasteiger partial charge in [-0.15, -0.1) is 0 Å². The molecule has 1 aromatic heterocycles. The monoisotopic (exact) mass is 473 g/mol. The van der Waals surface area contributed by atoms with Gasteiger partial charge >= 0.3 is 0 Å². The third kappa shape index (κ3) is 4.02. The smallest absolute Gasteiger partial charge is 0.258 e. The first kappa shape index (κ1) is 21.1. The molecule has 166 valence electrons. The Morgan fingerprint density at radius 1 is 1.06 bits per heavy atom. The first-order valence-corrected chi connectivity index (χ1v) is 11.0. The van der Waals surface area contributed by atoms with Crippen molar-refractivity contribution in [2.75, 3.05) is 6.61 Å². The molecule has 3 fully saturated rings. The SMILES string of the molecule is Cc1ccc(OCc2noc(C34CC(NC(=O)COc5ccc(Cl)c(Cl)c5)(C3)C4)n2)cc1. The Balaban J connectivity index is 1.09. The van der Waals surface area contributed by atoms with E-state index in [2.05, 4.69) is 15.5 Å². The highest BCUT2D eigenvalue weighted by Crippen LogP contribution is 2.67. The number of aromatic nitrogens is 2. The van der Waals surface area contributed by atoms with Gasteiger partial charge in [0.2, 0.25) is 11.7 Å². The third-order valence-electron chi connectivity index (χ3n) is 6.01. The maximum Gasteiger partial charge on any atom is 0.258 e. The molecule has 2 bridgehead atoms. The van der Waals surface area contributed by atoms with Crippen molar-refractivity contribution in [2.24, 2.45) is 0 Å². The molecule has 32 heavy (non-hydrogen) atoms. The lowest BCUT2D eigenvalue weighted by atomic mass is 9.39. The van der Waals surface area contributed by atoms with Crippen LogP contribution in [0.3, 0.4) is 0 Å². The summed E-state index contributed by atoms with van der Waals surface area (Å²) >= 11 is 11.9. The lowest BCUT2D eigenvalue weighted by molar-refractivity contribution is -0.143. The number of carbonyl (C=O) groups excluding carboxylic acids is 1. The molecule has 0 atom stereocenters. The summed E-state index contributed by atoms with van der Waals surface area (Å²) in [6.07, 6.45) is 2.33. The number of hydrogen-bond donors (Lipinski definition) is 1. The van der Waals surface area contributed by atoms with E-state index in [-0.39, 0.29) is 30.1 Å². The molecule has 9 heteroatoms. The highest BCUT2D eigenvalue weighted by molar-refractivity contribution is 6.42. The number of aryl methyl sites for hydroxylation is 1. The fraction of sp³-hybridized carbons (Fsp3) is 0.348. The summed E-state index contributed by atoms with van der Waals surface area (Å²) in [7, 11) is 0. The van der Waals surface area contributed by atoms with Crippen LogP contribution in [0, 0.1) is 6.92 Å². The van der Waals surface area contributed by atoms with Gasteiger partial charge in [0.15, 0.2) is 13.2 Å². The number of halogens is 2. The molecule has 1 N–H and O–H groups in total. The van der Waals surface area contributed by atoms with Gasteiger partial charge in [0, 0.05) is 11.6 Å². The van der Waals surface area contributed by atoms with Crippen molar-refractivity contribution in [3.8, 4) is 11.5 Å². The predicted octanol–water partition coefficient (Wildman–Crippen LogP) is 4.63. The lowest BCUT2D eigenvalue weighted by Crippen LogP contribution is -2.77. The van der Waals surface area contributed by atoms with Gasteiger partial charge in [-0.1, -0.05) is 46.1 Å². The van der Waals surface area contributed by atoms with Crippen LogP contribution in [0.1, 0.15) is 36.5 Å². The molecule has 0 radical (unpaired) electrons. The van der Waals surface area contributed by atoms with Gasteiger partial charge in [-0.2, -0.15) is 4.98 Å². The number of rotatable bonds is 8. The molecule has 7 nitrogen and oxygen atoms in total. The third-order valence-corrected chi connectivity index (χ3v) is 6.75. The molecule has 6 rings (SSSR count). The fourth-order valence-corrected chi connectivity index (χ4v) is 4.79. The second-order valence-corrected chi connectivity index (χ2v) is 9.44. The molecule has 3 aliphatic carbocycles. The van der Waals surface area contributed by atoms with Gasteiger partial charge in [-0.05, 0) is 50.5 Å². The van der Waals surface area contributed by atoms with E-state index in [1.54, 1.807) is 18.2 Å². The molecule has 1 amide bonds. The second-order valence-electron chi connectivity index (χ2n) is 8.62. The summed E-state index contributed by atoms with van der Waals surface area (Å²) < 4.78 is 16.7. The van der Waals surface area contributed by atoms with E-state index in [9.17, 15) is 4.79 Å². The summed E-state index contributed by atoms with van der Waals surface area (Å²) in [5.41, 5.74) is 0.808. The lowest BCUT2D eigenvalue weighted by Gasteiger charge is -2.68. The number of carbonyl (C=O) groups is 1. The topological polar surface area (TPSA) is 86.5 Å². The van der Waals surface area contributed by atoms with E-state index in [4.69, 9.17) is 37.2 Å². The Morgan fingerprint density at radius 2 is 1.78 bits per heavy atom. The molecule has 0 saturated heterocycles. The predicted molar refractivity (Wildman–Crippen MR) is 118 cm³/mol. The number of amides is 1. The van der Waals surface area contributed by atoms with E-state index in [1.807, 2.05) is 31.2 Å².